The summed E-state index contributed by atoms with van der Waals surface area (Å²) in [5, 5.41) is 7.75. The highest BCUT2D eigenvalue weighted by Crippen LogP contribution is 2.34. The van der Waals surface area contributed by atoms with Gasteiger partial charge in [0.1, 0.15) is 12.1 Å². The smallest absolute Gasteiger partial charge is 0.186 e. The van der Waals surface area contributed by atoms with Crippen LogP contribution in [0.3, 0.4) is 0 Å². The Bertz CT molecular complexity index is 769. The number of ether oxygens (including phenoxy) is 2. The lowest BCUT2D eigenvalue weighted by molar-refractivity contribution is 0.355. The van der Waals surface area contributed by atoms with E-state index in [1.807, 2.05) is 18.2 Å². The highest BCUT2D eigenvalue weighted by Gasteiger charge is 2.14. The van der Waals surface area contributed by atoms with Crippen molar-refractivity contribution in [3.8, 4) is 22.8 Å². The van der Waals surface area contributed by atoms with E-state index in [-0.39, 0.29) is 0 Å². The normalized spacial score (nSPS) is 10.7. The van der Waals surface area contributed by atoms with Crippen LogP contribution in [-0.2, 0) is 0 Å². The van der Waals surface area contributed by atoms with Gasteiger partial charge in [-0.2, -0.15) is 5.10 Å². The highest BCUT2D eigenvalue weighted by molar-refractivity contribution is 5.98. The number of nitrogens with zero attached hydrogens (tertiary/aromatic N) is 3. The molecule has 102 valence electrons. The second-order valence-electron chi connectivity index (χ2n) is 4.13. The van der Waals surface area contributed by atoms with Crippen LogP contribution in [0.4, 0.5) is 5.82 Å². The average molecular weight is 271 g/mol. The number of benzene rings is 1. The first-order valence-electron chi connectivity index (χ1n) is 5.91. The van der Waals surface area contributed by atoms with Gasteiger partial charge in [0, 0.05) is 5.56 Å². The van der Waals surface area contributed by atoms with Gasteiger partial charge in [0.15, 0.2) is 17.1 Å². The van der Waals surface area contributed by atoms with E-state index in [0.29, 0.717) is 28.4 Å². The Morgan fingerprint density at radius 2 is 1.90 bits per heavy atom. The van der Waals surface area contributed by atoms with Crippen LogP contribution in [0.5, 0.6) is 11.5 Å². The zero-order chi connectivity index (χ0) is 14.1. The molecule has 0 radical (unpaired) electrons. The molecule has 0 aliphatic heterocycles. The van der Waals surface area contributed by atoms with Crippen LogP contribution in [0, 0.1) is 0 Å². The van der Waals surface area contributed by atoms with Gasteiger partial charge in [-0.05, 0) is 18.2 Å². The van der Waals surface area contributed by atoms with E-state index in [1.54, 1.807) is 14.2 Å². The number of H-pyrrole nitrogens is 1. The first-order valence-corrected chi connectivity index (χ1v) is 5.91. The maximum Gasteiger partial charge on any atom is 0.186 e. The van der Waals surface area contributed by atoms with Crippen LogP contribution in [-0.4, -0.2) is 34.4 Å². The molecule has 0 aliphatic rings. The maximum absolute atomic E-state index is 5.90. The van der Waals surface area contributed by atoms with Gasteiger partial charge >= 0.3 is 0 Å². The first kappa shape index (κ1) is 12.2. The van der Waals surface area contributed by atoms with Gasteiger partial charge < -0.3 is 15.2 Å². The zero-order valence-corrected chi connectivity index (χ0v) is 11.0. The number of nitrogens with two attached hydrogens (primary N) is 1. The van der Waals surface area contributed by atoms with E-state index < -0.39 is 0 Å². The fraction of sp³-hybridized carbons (Fsp3) is 0.154. The average Bonchev–Trinajstić information content (AvgIpc) is 2.92. The summed E-state index contributed by atoms with van der Waals surface area (Å²) in [5.74, 6) is 1.67. The quantitative estimate of drug-likeness (QED) is 0.751. The molecule has 3 N–H and O–H groups in total. The van der Waals surface area contributed by atoms with Crippen molar-refractivity contribution in [2.24, 2.45) is 0 Å². The number of aromatic amines is 1. The molecule has 0 unspecified atom stereocenters. The highest BCUT2D eigenvalue weighted by atomic mass is 16.5. The molecule has 0 fully saturated rings. The van der Waals surface area contributed by atoms with Crippen LogP contribution >= 0.6 is 0 Å². The maximum atomic E-state index is 5.90. The van der Waals surface area contributed by atoms with Gasteiger partial charge in [0.25, 0.3) is 0 Å². The van der Waals surface area contributed by atoms with Crippen LogP contribution in [0.15, 0.2) is 24.5 Å². The Labute approximate surface area is 114 Å². The number of anilines is 1. The lowest BCUT2D eigenvalue weighted by atomic mass is 10.1. The Balaban J connectivity index is 2.21. The molecule has 0 saturated heterocycles. The van der Waals surface area contributed by atoms with E-state index >= 15 is 0 Å². The molecule has 1 aromatic carbocycles. The molecule has 0 amide bonds. The molecule has 3 rings (SSSR count). The third kappa shape index (κ3) is 1.80. The van der Waals surface area contributed by atoms with Crippen molar-refractivity contribution in [1.82, 2.24) is 20.2 Å². The van der Waals surface area contributed by atoms with E-state index in [4.69, 9.17) is 15.2 Å². The van der Waals surface area contributed by atoms with Crippen molar-refractivity contribution in [1.29, 1.82) is 0 Å². The lowest BCUT2D eigenvalue weighted by Gasteiger charge is -2.09. The van der Waals surface area contributed by atoms with Crippen molar-refractivity contribution in [2.75, 3.05) is 20.0 Å². The fourth-order valence-corrected chi connectivity index (χ4v) is 2.08. The molecule has 0 aliphatic carbocycles. The second-order valence-corrected chi connectivity index (χ2v) is 4.13. The molecule has 20 heavy (non-hydrogen) atoms. The minimum atomic E-state index is 0.383. The fourth-order valence-electron chi connectivity index (χ4n) is 2.08. The molecule has 7 nitrogen and oxygen atoms in total. The summed E-state index contributed by atoms with van der Waals surface area (Å²) >= 11 is 0. The standard InChI is InChI=1S/C13H13N5O2/c1-19-8-4-3-7(5-9(8)20-2)11-10-12(14)15-6-16-13(10)18-17-11/h3-6H,1-2H3,(H3,14,15,16,17,18). The van der Waals surface area contributed by atoms with Gasteiger partial charge in [-0.3, -0.25) is 5.10 Å². The number of rotatable bonds is 3. The summed E-state index contributed by atoms with van der Waals surface area (Å²) in [6.07, 6.45) is 1.39. The van der Waals surface area contributed by atoms with Gasteiger partial charge in [-0.25, -0.2) is 9.97 Å². The van der Waals surface area contributed by atoms with Crippen molar-refractivity contribution < 1.29 is 9.47 Å². The Hall–Kier alpha value is -2.83. The number of nitrogens with one attached hydrogen (secondary N) is 1. The van der Waals surface area contributed by atoms with Crippen LogP contribution < -0.4 is 15.2 Å². The number of methoxy groups -OCH3 is 2. The van der Waals surface area contributed by atoms with E-state index in [1.165, 1.54) is 6.33 Å². The van der Waals surface area contributed by atoms with E-state index in [0.717, 1.165) is 11.3 Å². The number of hydrogen-bond donors (Lipinski definition) is 2. The number of aromatic nitrogens is 4. The molecular weight excluding hydrogens is 258 g/mol. The SMILES string of the molecule is COc1ccc(-c2[nH]nc3ncnc(N)c23)cc1OC. The van der Waals surface area contributed by atoms with Crippen LogP contribution in [0.1, 0.15) is 0 Å². The third-order valence-corrected chi connectivity index (χ3v) is 3.05. The molecule has 2 heterocycles. The zero-order valence-electron chi connectivity index (χ0n) is 11.0. The minimum absolute atomic E-state index is 0.383. The topological polar surface area (TPSA) is 98.9 Å². The third-order valence-electron chi connectivity index (χ3n) is 3.05. The summed E-state index contributed by atoms with van der Waals surface area (Å²) in [5.41, 5.74) is 8.04. The van der Waals surface area contributed by atoms with E-state index in [2.05, 4.69) is 20.2 Å². The predicted octanol–water partition coefficient (Wildman–Crippen LogP) is 1.62. The van der Waals surface area contributed by atoms with Crippen molar-refractivity contribution in [3.63, 3.8) is 0 Å². The summed E-state index contributed by atoms with van der Waals surface area (Å²) in [6, 6.07) is 5.56. The number of nitrogen functional groups attached to an aromatic ring is 1. The van der Waals surface area contributed by atoms with Crippen LogP contribution in [0.2, 0.25) is 0 Å². The largest absolute Gasteiger partial charge is 0.493 e. The van der Waals surface area contributed by atoms with Crippen molar-refractivity contribution in [3.05, 3.63) is 24.5 Å². The van der Waals surface area contributed by atoms with Gasteiger partial charge in [0.2, 0.25) is 0 Å². The Kier molecular flexibility index (Phi) is 2.86. The molecular formula is C13H13N5O2. The Morgan fingerprint density at radius 1 is 1.10 bits per heavy atom. The lowest BCUT2D eigenvalue weighted by Crippen LogP contribution is -1.93. The van der Waals surface area contributed by atoms with Gasteiger partial charge in [-0.15, -0.1) is 0 Å². The summed E-state index contributed by atoms with van der Waals surface area (Å²) < 4.78 is 10.5. The summed E-state index contributed by atoms with van der Waals surface area (Å²) in [7, 11) is 3.18. The number of fused-ring (bicyclic) bond motifs is 1. The van der Waals surface area contributed by atoms with E-state index in [9.17, 15) is 0 Å². The minimum Gasteiger partial charge on any atom is -0.493 e. The summed E-state index contributed by atoms with van der Waals surface area (Å²) in [4.78, 5) is 8.07. The first-order chi connectivity index (χ1) is 9.74. The molecule has 0 spiro atoms. The van der Waals surface area contributed by atoms with Crippen LogP contribution in [0.25, 0.3) is 22.3 Å². The molecule has 3 aromatic rings. The monoisotopic (exact) mass is 271 g/mol. The van der Waals surface area contributed by atoms with Crippen molar-refractivity contribution in [2.45, 2.75) is 0 Å². The summed E-state index contributed by atoms with van der Waals surface area (Å²) in [6.45, 7) is 0. The Morgan fingerprint density at radius 3 is 2.65 bits per heavy atom. The molecule has 7 heteroatoms. The molecule has 0 bridgehead atoms. The second kappa shape index (κ2) is 4.69. The number of hydrogen-bond acceptors (Lipinski definition) is 6. The molecule has 0 atom stereocenters. The molecule has 0 saturated carbocycles. The van der Waals surface area contributed by atoms with Crippen molar-refractivity contribution >= 4 is 16.9 Å². The molecule has 2 aromatic heterocycles. The van der Waals surface area contributed by atoms with Gasteiger partial charge in [0.05, 0.1) is 25.3 Å². The van der Waals surface area contributed by atoms with Gasteiger partial charge in [-0.1, -0.05) is 0 Å². The predicted molar refractivity (Wildman–Crippen MR) is 74.6 cm³/mol.